The summed E-state index contributed by atoms with van der Waals surface area (Å²) in [7, 11) is 1.65. The number of benzene rings is 2. The summed E-state index contributed by atoms with van der Waals surface area (Å²) in [6.07, 6.45) is 8.36. The molecule has 1 amide bonds. The number of carbonyl (C=O) groups excluding carboxylic acids is 1. The fraction of sp³-hybridized carbons (Fsp3) is 0.577. The number of rotatable bonds is 4. The van der Waals surface area contributed by atoms with Crippen molar-refractivity contribution in [3.63, 3.8) is 0 Å². The number of amides is 1. The third kappa shape index (κ3) is 3.39. The number of hydrogen-bond acceptors (Lipinski definition) is 3. The largest absolute Gasteiger partial charge is 0.495 e. The minimum absolute atomic E-state index is 0.0276. The van der Waals surface area contributed by atoms with E-state index in [-0.39, 0.29) is 11.9 Å². The molecular formula is C26H31BrN2O2. The van der Waals surface area contributed by atoms with Crippen LogP contribution in [0.15, 0.2) is 34.8 Å². The van der Waals surface area contributed by atoms with Crippen LogP contribution in [0.5, 0.6) is 5.75 Å². The lowest BCUT2D eigenvalue weighted by atomic mass is 9.54. The van der Waals surface area contributed by atoms with Crippen molar-refractivity contribution in [2.24, 2.45) is 23.7 Å². The standard InChI is InChI=1S/C26H31BrN2O2/c1-31-25-21-5-3-2-4-20(21)23(27)13-22(25)26(30)28-19-6-7-29(14-19)24-17-9-15-8-16(11-17)12-18(24)10-15/h2-5,13,15-19,24H,6-12,14H2,1H3,(H,28,30)/t15?,16?,17?,18?,19-,24?/m1/s1. The summed E-state index contributed by atoms with van der Waals surface area (Å²) in [6, 6.07) is 10.9. The molecule has 0 spiro atoms. The summed E-state index contributed by atoms with van der Waals surface area (Å²) in [4.78, 5) is 16.0. The van der Waals surface area contributed by atoms with Crippen LogP contribution < -0.4 is 10.1 Å². The second-order valence-corrected chi connectivity index (χ2v) is 11.2. The third-order valence-electron chi connectivity index (χ3n) is 8.55. The number of likely N-dealkylation sites (tertiary alicyclic amines) is 1. The highest BCUT2D eigenvalue weighted by atomic mass is 79.9. The first kappa shape index (κ1) is 20.0. The minimum Gasteiger partial charge on any atom is -0.495 e. The van der Waals surface area contributed by atoms with Gasteiger partial charge in [-0.3, -0.25) is 9.69 Å². The van der Waals surface area contributed by atoms with Gasteiger partial charge in [0, 0.05) is 35.0 Å². The minimum atomic E-state index is -0.0276. The second kappa shape index (κ2) is 7.77. The highest BCUT2D eigenvalue weighted by Crippen LogP contribution is 2.55. The quantitative estimate of drug-likeness (QED) is 0.647. The number of nitrogens with one attached hydrogen (secondary N) is 1. The van der Waals surface area contributed by atoms with Crippen LogP contribution in [-0.2, 0) is 0 Å². The summed E-state index contributed by atoms with van der Waals surface area (Å²) in [5, 5.41) is 5.36. The van der Waals surface area contributed by atoms with E-state index >= 15 is 0 Å². The molecule has 0 unspecified atom stereocenters. The summed E-state index contributed by atoms with van der Waals surface area (Å²) in [5.74, 6) is 4.46. The lowest BCUT2D eigenvalue weighted by Crippen LogP contribution is -2.55. The zero-order chi connectivity index (χ0) is 21.1. The van der Waals surface area contributed by atoms with E-state index in [9.17, 15) is 4.79 Å². The summed E-state index contributed by atoms with van der Waals surface area (Å²) >= 11 is 3.65. The number of ether oxygens (including phenoxy) is 1. The fourth-order valence-electron chi connectivity index (χ4n) is 7.62. The predicted octanol–water partition coefficient (Wildman–Crippen LogP) is 5.24. The molecule has 1 N–H and O–H groups in total. The van der Waals surface area contributed by atoms with Gasteiger partial charge < -0.3 is 10.1 Å². The van der Waals surface area contributed by atoms with Crippen LogP contribution in [0.3, 0.4) is 0 Å². The van der Waals surface area contributed by atoms with Gasteiger partial charge in [0.25, 0.3) is 5.91 Å². The Morgan fingerprint density at radius 1 is 1.06 bits per heavy atom. The predicted molar refractivity (Wildman–Crippen MR) is 126 cm³/mol. The van der Waals surface area contributed by atoms with E-state index in [0.717, 1.165) is 64.5 Å². The van der Waals surface area contributed by atoms with Crippen LogP contribution in [0.1, 0.15) is 48.9 Å². The van der Waals surface area contributed by atoms with Crippen LogP contribution in [-0.4, -0.2) is 43.1 Å². The van der Waals surface area contributed by atoms with Crippen molar-refractivity contribution in [3.05, 3.63) is 40.4 Å². The molecule has 4 nitrogen and oxygen atoms in total. The zero-order valence-corrected chi connectivity index (χ0v) is 19.7. The van der Waals surface area contributed by atoms with E-state index < -0.39 is 0 Å². The maximum absolute atomic E-state index is 13.3. The molecule has 1 aliphatic heterocycles. The molecule has 0 radical (unpaired) electrons. The van der Waals surface area contributed by atoms with E-state index in [1.54, 1.807) is 7.11 Å². The first-order valence-corrected chi connectivity index (χ1v) is 12.7. The van der Waals surface area contributed by atoms with Crippen molar-refractivity contribution in [1.29, 1.82) is 0 Å². The Morgan fingerprint density at radius 2 is 1.74 bits per heavy atom. The molecule has 31 heavy (non-hydrogen) atoms. The van der Waals surface area contributed by atoms with E-state index in [4.69, 9.17) is 4.74 Å². The van der Waals surface area contributed by atoms with Crippen LogP contribution >= 0.6 is 15.9 Å². The molecule has 0 aromatic heterocycles. The number of fused-ring (bicyclic) bond motifs is 1. The Bertz CT molecular complexity index is 994. The third-order valence-corrected chi connectivity index (χ3v) is 9.20. The molecule has 7 rings (SSSR count). The van der Waals surface area contributed by atoms with Gasteiger partial charge in [0.05, 0.1) is 12.7 Å². The Labute approximate surface area is 192 Å². The van der Waals surface area contributed by atoms with Gasteiger partial charge in [-0.05, 0) is 73.6 Å². The molecule has 2 aromatic rings. The maximum Gasteiger partial charge on any atom is 0.255 e. The SMILES string of the molecule is COc1c(C(=O)N[C@@H]2CCN(C3C4CC5CC(C4)CC3C5)C2)cc(Br)c2ccccc12. The molecule has 164 valence electrons. The molecule has 1 heterocycles. The number of hydrogen-bond donors (Lipinski definition) is 1. The van der Waals surface area contributed by atoms with Gasteiger partial charge in [-0.15, -0.1) is 0 Å². The second-order valence-electron chi connectivity index (χ2n) is 10.4. The average Bonchev–Trinajstić information content (AvgIpc) is 3.21. The van der Waals surface area contributed by atoms with Crippen molar-refractivity contribution in [1.82, 2.24) is 10.2 Å². The molecular weight excluding hydrogens is 452 g/mol. The molecule has 4 aliphatic carbocycles. The van der Waals surface area contributed by atoms with E-state index in [1.807, 2.05) is 30.3 Å². The molecule has 4 saturated carbocycles. The van der Waals surface area contributed by atoms with Crippen LogP contribution in [0.4, 0.5) is 0 Å². The normalized spacial score (nSPS) is 34.4. The van der Waals surface area contributed by atoms with Gasteiger partial charge in [-0.25, -0.2) is 0 Å². The molecule has 5 heteroatoms. The van der Waals surface area contributed by atoms with Gasteiger partial charge in [-0.2, -0.15) is 0 Å². The fourth-order valence-corrected chi connectivity index (χ4v) is 8.20. The van der Waals surface area contributed by atoms with Crippen molar-refractivity contribution >= 4 is 32.6 Å². The number of nitrogens with zero attached hydrogens (tertiary/aromatic N) is 1. The van der Waals surface area contributed by atoms with Gasteiger partial charge in [-0.1, -0.05) is 40.2 Å². The van der Waals surface area contributed by atoms with E-state index in [0.29, 0.717) is 11.3 Å². The Kier molecular flexibility index (Phi) is 5.03. The van der Waals surface area contributed by atoms with Crippen LogP contribution in [0.25, 0.3) is 10.8 Å². The molecule has 2 aromatic carbocycles. The highest BCUT2D eigenvalue weighted by molar-refractivity contribution is 9.10. The lowest BCUT2D eigenvalue weighted by Gasteiger charge is -2.56. The molecule has 1 saturated heterocycles. The summed E-state index contributed by atoms with van der Waals surface area (Å²) < 4.78 is 6.61. The first-order chi connectivity index (χ1) is 15.1. The Balaban J connectivity index is 1.18. The topological polar surface area (TPSA) is 41.6 Å². The Morgan fingerprint density at radius 3 is 2.42 bits per heavy atom. The van der Waals surface area contributed by atoms with Crippen molar-refractivity contribution < 1.29 is 9.53 Å². The smallest absolute Gasteiger partial charge is 0.255 e. The number of carbonyl (C=O) groups is 1. The summed E-state index contributed by atoms with van der Waals surface area (Å²) in [5.41, 5.74) is 0.612. The highest BCUT2D eigenvalue weighted by Gasteiger charge is 2.50. The monoisotopic (exact) mass is 482 g/mol. The molecule has 1 atom stereocenters. The van der Waals surface area contributed by atoms with Crippen molar-refractivity contribution in [2.75, 3.05) is 20.2 Å². The first-order valence-electron chi connectivity index (χ1n) is 11.9. The van der Waals surface area contributed by atoms with Crippen LogP contribution in [0, 0.1) is 23.7 Å². The van der Waals surface area contributed by atoms with Crippen LogP contribution in [0.2, 0.25) is 0 Å². The number of halogens is 1. The van der Waals surface area contributed by atoms with Crippen molar-refractivity contribution in [3.8, 4) is 5.75 Å². The van der Waals surface area contributed by atoms with E-state index in [1.165, 1.54) is 32.1 Å². The lowest BCUT2D eigenvalue weighted by molar-refractivity contribution is -0.0587. The van der Waals surface area contributed by atoms with Gasteiger partial charge >= 0.3 is 0 Å². The average molecular weight is 483 g/mol. The zero-order valence-electron chi connectivity index (χ0n) is 18.1. The number of methoxy groups -OCH3 is 1. The van der Waals surface area contributed by atoms with Gasteiger partial charge in [0.15, 0.2) is 0 Å². The van der Waals surface area contributed by atoms with E-state index in [2.05, 4.69) is 26.1 Å². The molecule has 5 aliphatic rings. The Hall–Kier alpha value is -1.59. The summed E-state index contributed by atoms with van der Waals surface area (Å²) in [6.45, 7) is 2.12. The van der Waals surface area contributed by atoms with Gasteiger partial charge in [0.2, 0.25) is 0 Å². The van der Waals surface area contributed by atoms with Gasteiger partial charge in [0.1, 0.15) is 5.75 Å². The molecule has 5 fully saturated rings. The molecule has 4 bridgehead atoms. The van der Waals surface area contributed by atoms with Crippen molar-refractivity contribution in [2.45, 2.75) is 50.6 Å². The maximum atomic E-state index is 13.3.